The zero-order valence-corrected chi connectivity index (χ0v) is 14.8. The molecule has 3 rings (SSSR count). The Bertz CT molecular complexity index is 686. The molecule has 4 amide bonds. The molecule has 6 nitrogen and oxygen atoms in total. The third-order valence-electron chi connectivity index (χ3n) is 4.87. The molecule has 1 aliphatic heterocycles. The maximum absolute atomic E-state index is 12.5. The number of nitrogens with one attached hydrogen (secondary N) is 2. The van der Waals surface area contributed by atoms with E-state index in [0.29, 0.717) is 30.8 Å². The van der Waals surface area contributed by atoms with Crippen molar-refractivity contribution in [2.24, 2.45) is 0 Å². The van der Waals surface area contributed by atoms with E-state index in [0.717, 1.165) is 18.4 Å². The van der Waals surface area contributed by atoms with Gasteiger partial charge in [0.15, 0.2) is 0 Å². The first-order valence-electron chi connectivity index (χ1n) is 8.65. The van der Waals surface area contributed by atoms with Gasteiger partial charge in [-0.25, -0.2) is 4.79 Å². The molecule has 1 saturated heterocycles. The number of rotatable bonds is 6. The van der Waals surface area contributed by atoms with Crippen molar-refractivity contribution in [2.75, 3.05) is 6.54 Å². The molecule has 2 aliphatic rings. The van der Waals surface area contributed by atoms with Crippen LogP contribution in [0.5, 0.6) is 0 Å². The molecule has 7 heteroatoms. The molecule has 1 aromatic rings. The largest absolute Gasteiger partial charge is 0.352 e. The highest BCUT2D eigenvalue weighted by molar-refractivity contribution is 6.30. The molecule has 0 bridgehead atoms. The number of halogens is 1. The summed E-state index contributed by atoms with van der Waals surface area (Å²) < 4.78 is 0. The number of amides is 4. The van der Waals surface area contributed by atoms with Crippen molar-refractivity contribution in [1.29, 1.82) is 0 Å². The van der Waals surface area contributed by atoms with E-state index >= 15 is 0 Å². The van der Waals surface area contributed by atoms with Gasteiger partial charge in [0, 0.05) is 24.5 Å². The normalized spacial score (nSPS) is 18.7. The Morgan fingerprint density at radius 2 is 2.04 bits per heavy atom. The van der Waals surface area contributed by atoms with Crippen LogP contribution in [0.15, 0.2) is 24.3 Å². The van der Waals surface area contributed by atoms with Gasteiger partial charge in [-0.15, -0.1) is 0 Å². The lowest BCUT2D eigenvalue weighted by atomic mass is 9.98. The van der Waals surface area contributed by atoms with Crippen LogP contribution in [0.25, 0.3) is 0 Å². The Hall–Kier alpha value is -2.08. The van der Waals surface area contributed by atoms with Crippen LogP contribution in [0, 0.1) is 0 Å². The molecule has 0 unspecified atom stereocenters. The third kappa shape index (κ3) is 3.95. The van der Waals surface area contributed by atoms with E-state index in [1.807, 2.05) is 12.1 Å². The second-order valence-corrected chi connectivity index (χ2v) is 7.12. The molecule has 0 radical (unpaired) electrons. The predicted octanol–water partition coefficient (Wildman–Crippen LogP) is 2.60. The van der Waals surface area contributed by atoms with Gasteiger partial charge < -0.3 is 10.6 Å². The van der Waals surface area contributed by atoms with Crippen molar-refractivity contribution in [3.8, 4) is 0 Å². The SMILES string of the molecule is O=C(CCCN1C(=O)NC2(CCCC2)C1=O)NCc1cccc(Cl)c1. The molecular formula is C18H22ClN3O3. The number of hydrogen-bond donors (Lipinski definition) is 2. The molecule has 0 aromatic heterocycles. The number of urea groups is 1. The van der Waals surface area contributed by atoms with Crippen LogP contribution in [0.2, 0.25) is 5.02 Å². The van der Waals surface area contributed by atoms with Gasteiger partial charge in [-0.05, 0) is 37.0 Å². The minimum Gasteiger partial charge on any atom is -0.352 e. The van der Waals surface area contributed by atoms with E-state index in [4.69, 9.17) is 11.6 Å². The lowest BCUT2D eigenvalue weighted by Crippen LogP contribution is -2.44. The van der Waals surface area contributed by atoms with E-state index in [2.05, 4.69) is 10.6 Å². The van der Waals surface area contributed by atoms with E-state index < -0.39 is 5.54 Å². The molecule has 2 N–H and O–H groups in total. The first kappa shape index (κ1) is 17.7. The molecule has 25 heavy (non-hydrogen) atoms. The molecule has 1 spiro atoms. The van der Waals surface area contributed by atoms with Crippen molar-refractivity contribution in [1.82, 2.24) is 15.5 Å². The first-order valence-corrected chi connectivity index (χ1v) is 9.03. The van der Waals surface area contributed by atoms with Crippen LogP contribution in [0.1, 0.15) is 44.1 Å². The third-order valence-corrected chi connectivity index (χ3v) is 5.10. The van der Waals surface area contributed by atoms with Crippen LogP contribution in [-0.4, -0.2) is 34.8 Å². The highest BCUT2D eigenvalue weighted by atomic mass is 35.5. The number of nitrogens with zero attached hydrogens (tertiary/aromatic N) is 1. The summed E-state index contributed by atoms with van der Waals surface area (Å²) in [5.41, 5.74) is 0.254. The number of benzene rings is 1. The zero-order valence-electron chi connectivity index (χ0n) is 14.0. The zero-order chi connectivity index (χ0) is 17.9. The number of imide groups is 1. The smallest absolute Gasteiger partial charge is 0.325 e. The highest BCUT2D eigenvalue weighted by Gasteiger charge is 2.51. The predicted molar refractivity (Wildman–Crippen MR) is 94.0 cm³/mol. The standard InChI is InChI=1S/C18H22ClN3O3/c19-14-6-3-5-13(11-14)12-20-15(23)7-4-10-22-16(24)18(21-17(22)25)8-1-2-9-18/h3,5-6,11H,1-2,4,7-10,12H2,(H,20,23)(H,21,25). The van der Waals surface area contributed by atoms with Crippen LogP contribution >= 0.6 is 11.6 Å². The minimum absolute atomic E-state index is 0.109. The Labute approximate surface area is 151 Å². The molecule has 2 fully saturated rings. The van der Waals surface area contributed by atoms with Gasteiger partial charge in [-0.1, -0.05) is 36.6 Å². The van der Waals surface area contributed by atoms with Crippen LogP contribution < -0.4 is 10.6 Å². The summed E-state index contributed by atoms with van der Waals surface area (Å²) in [4.78, 5) is 37.7. The Morgan fingerprint density at radius 1 is 1.28 bits per heavy atom. The lowest BCUT2D eigenvalue weighted by Gasteiger charge is -2.19. The lowest BCUT2D eigenvalue weighted by molar-refractivity contribution is -0.131. The average Bonchev–Trinajstić information content (AvgIpc) is 3.14. The number of carbonyl (C=O) groups is 3. The monoisotopic (exact) mass is 363 g/mol. The van der Waals surface area contributed by atoms with Crippen LogP contribution in [-0.2, 0) is 16.1 Å². The van der Waals surface area contributed by atoms with E-state index in [1.165, 1.54) is 4.90 Å². The highest BCUT2D eigenvalue weighted by Crippen LogP contribution is 2.35. The van der Waals surface area contributed by atoms with Crippen molar-refractivity contribution < 1.29 is 14.4 Å². The van der Waals surface area contributed by atoms with Gasteiger partial charge in [-0.2, -0.15) is 0 Å². The second-order valence-electron chi connectivity index (χ2n) is 6.69. The molecule has 1 aliphatic carbocycles. The molecule has 1 heterocycles. The molecule has 1 aromatic carbocycles. The van der Waals surface area contributed by atoms with Gasteiger partial charge in [0.1, 0.15) is 5.54 Å². The summed E-state index contributed by atoms with van der Waals surface area (Å²) in [6.45, 7) is 0.683. The van der Waals surface area contributed by atoms with Crippen molar-refractivity contribution in [3.63, 3.8) is 0 Å². The van der Waals surface area contributed by atoms with Crippen molar-refractivity contribution in [2.45, 2.75) is 50.6 Å². The van der Waals surface area contributed by atoms with Crippen LogP contribution in [0.3, 0.4) is 0 Å². The fraction of sp³-hybridized carbons (Fsp3) is 0.500. The average molecular weight is 364 g/mol. The van der Waals surface area contributed by atoms with Crippen LogP contribution in [0.4, 0.5) is 4.79 Å². The maximum atomic E-state index is 12.5. The van der Waals surface area contributed by atoms with Crippen molar-refractivity contribution in [3.05, 3.63) is 34.9 Å². The summed E-state index contributed by atoms with van der Waals surface area (Å²) in [5.74, 6) is -0.239. The summed E-state index contributed by atoms with van der Waals surface area (Å²) in [6.07, 6.45) is 4.08. The quantitative estimate of drug-likeness (QED) is 0.762. The Kier molecular flexibility index (Phi) is 5.27. The summed E-state index contributed by atoms with van der Waals surface area (Å²) in [5, 5.41) is 6.30. The van der Waals surface area contributed by atoms with Gasteiger partial charge in [-0.3, -0.25) is 14.5 Å². The Morgan fingerprint density at radius 3 is 2.76 bits per heavy atom. The first-order chi connectivity index (χ1) is 12.0. The number of hydrogen-bond acceptors (Lipinski definition) is 3. The summed E-state index contributed by atoms with van der Waals surface area (Å²) in [7, 11) is 0. The van der Waals surface area contributed by atoms with Crippen molar-refractivity contribution >= 4 is 29.4 Å². The molecule has 0 atom stereocenters. The summed E-state index contributed by atoms with van der Waals surface area (Å²) >= 11 is 5.91. The fourth-order valence-electron chi connectivity index (χ4n) is 3.53. The fourth-order valence-corrected chi connectivity index (χ4v) is 3.74. The molecular weight excluding hydrogens is 342 g/mol. The Balaban J connectivity index is 1.42. The van der Waals surface area contributed by atoms with E-state index in [-0.39, 0.29) is 30.8 Å². The molecule has 1 saturated carbocycles. The van der Waals surface area contributed by atoms with Gasteiger partial charge >= 0.3 is 6.03 Å². The maximum Gasteiger partial charge on any atom is 0.325 e. The second kappa shape index (κ2) is 7.44. The topological polar surface area (TPSA) is 78.5 Å². The van der Waals surface area contributed by atoms with Gasteiger partial charge in [0.25, 0.3) is 5.91 Å². The van der Waals surface area contributed by atoms with Gasteiger partial charge in [0.05, 0.1) is 0 Å². The summed E-state index contributed by atoms with van der Waals surface area (Å²) in [6, 6.07) is 6.98. The van der Waals surface area contributed by atoms with E-state index in [9.17, 15) is 14.4 Å². The molecule has 134 valence electrons. The number of carbonyl (C=O) groups excluding carboxylic acids is 3. The van der Waals surface area contributed by atoms with Gasteiger partial charge in [0.2, 0.25) is 5.91 Å². The van der Waals surface area contributed by atoms with E-state index in [1.54, 1.807) is 12.1 Å². The minimum atomic E-state index is -0.675.